The number of methoxy groups -OCH3 is 1. The van der Waals surface area contributed by atoms with E-state index in [2.05, 4.69) is 4.74 Å². The fourth-order valence-corrected chi connectivity index (χ4v) is 1.75. The molecule has 1 heterocycles. The Morgan fingerprint density at radius 1 is 1.47 bits per heavy atom. The van der Waals surface area contributed by atoms with Gasteiger partial charge in [0.2, 0.25) is 0 Å². The molecule has 1 rings (SSSR count). The summed E-state index contributed by atoms with van der Waals surface area (Å²) in [6, 6.07) is -0.274. The lowest BCUT2D eigenvalue weighted by Crippen LogP contribution is -2.40. The van der Waals surface area contributed by atoms with Crippen molar-refractivity contribution in [3.63, 3.8) is 0 Å². The number of carbonyl (C=O) groups excluding carboxylic acids is 2. The molecule has 5 nitrogen and oxygen atoms in total. The number of rotatable bonds is 4. The van der Waals surface area contributed by atoms with Crippen molar-refractivity contribution in [3.8, 4) is 0 Å². The van der Waals surface area contributed by atoms with E-state index >= 15 is 0 Å². The van der Waals surface area contributed by atoms with Crippen LogP contribution in [0.3, 0.4) is 0 Å². The molecule has 0 spiro atoms. The smallest absolute Gasteiger partial charge is 0.323 e. The standard InChI is InChI=1S/C10H17NO4/c1-3-15-10(13)8-5-4-6-11(8)7-9(12)14-2/h8H,3-7H2,1-2H3. The first-order valence-corrected chi connectivity index (χ1v) is 5.16. The highest BCUT2D eigenvalue weighted by atomic mass is 16.5. The molecule has 0 saturated carbocycles. The van der Waals surface area contributed by atoms with Crippen molar-refractivity contribution < 1.29 is 19.1 Å². The molecule has 0 N–H and O–H groups in total. The first kappa shape index (κ1) is 12.0. The summed E-state index contributed by atoms with van der Waals surface area (Å²) in [5.41, 5.74) is 0. The lowest BCUT2D eigenvalue weighted by Gasteiger charge is -2.21. The van der Waals surface area contributed by atoms with Gasteiger partial charge in [-0.3, -0.25) is 14.5 Å². The topological polar surface area (TPSA) is 55.8 Å². The minimum Gasteiger partial charge on any atom is -0.468 e. The van der Waals surface area contributed by atoms with Crippen LogP contribution in [-0.4, -0.2) is 49.7 Å². The third-order valence-corrected chi connectivity index (χ3v) is 2.48. The van der Waals surface area contributed by atoms with Gasteiger partial charge in [-0.25, -0.2) is 0 Å². The number of carbonyl (C=O) groups is 2. The van der Waals surface area contributed by atoms with Gasteiger partial charge >= 0.3 is 11.9 Å². The zero-order valence-electron chi connectivity index (χ0n) is 9.19. The molecule has 0 amide bonds. The van der Waals surface area contributed by atoms with Crippen molar-refractivity contribution in [2.24, 2.45) is 0 Å². The van der Waals surface area contributed by atoms with E-state index in [9.17, 15) is 9.59 Å². The van der Waals surface area contributed by atoms with Gasteiger partial charge in [0.25, 0.3) is 0 Å². The Morgan fingerprint density at radius 3 is 2.80 bits per heavy atom. The number of hydrogen-bond acceptors (Lipinski definition) is 5. The van der Waals surface area contributed by atoms with E-state index in [1.54, 1.807) is 6.92 Å². The maximum Gasteiger partial charge on any atom is 0.323 e. The number of nitrogens with zero attached hydrogens (tertiary/aromatic N) is 1. The van der Waals surface area contributed by atoms with Crippen molar-refractivity contribution in [2.45, 2.75) is 25.8 Å². The highest BCUT2D eigenvalue weighted by molar-refractivity contribution is 5.78. The fraction of sp³-hybridized carbons (Fsp3) is 0.800. The van der Waals surface area contributed by atoms with Crippen LogP contribution < -0.4 is 0 Å². The van der Waals surface area contributed by atoms with Crippen molar-refractivity contribution in [2.75, 3.05) is 26.8 Å². The second kappa shape index (κ2) is 5.70. The van der Waals surface area contributed by atoms with E-state index in [-0.39, 0.29) is 24.5 Å². The maximum absolute atomic E-state index is 11.5. The molecule has 86 valence electrons. The van der Waals surface area contributed by atoms with Gasteiger partial charge in [-0.1, -0.05) is 0 Å². The highest BCUT2D eigenvalue weighted by Crippen LogP contribution is 2.18. The van der Waals surface area contributed by atoms with E-state index in [0.29, 0.717) is 6.61 Å². The normalized spacial score (nSPS) is 21.3. The van der Waals surface area contributed by atoms with Crippen LogP contribution >= 0.6 is 0 Å². The predicted octanol–water partition coefficient (Wildman–Crippen LogP) is 0.187. The lowest BCUT2D eigenvalue weighted by molar-refractivity contribution is -0.150. The Labute approximate surface area is 89.3 Å². The van der Waals surface area contributed by atoms with Gasteiger partial charge in [0, 0.05) is 0 Å². The first-order chi connectivity index (χ1) is 7.19. The molecule has 0 bridgehead atoms. The van der Waals surface area contributed by atoms with E-state index in [1.165, 1.54) is 7.11 Å². The van der Waals surface area contributed by atoms with Crippen molar-refractivity contribution >= 4 is 11.9 Å². The molecule has 1 aliphatic heterocycles. The van der Waals surface area contributed by atoms with Gasteiger partial charge in [-0.2, -0.15) is 0 Å². The number of ether oxygens (including phenoxy) is 2. The maximum atomic E-state index is 11.5. The monoisotopic (exact) mass is 215 g/mol. The fourth-order valence-electron chi connectivity index (χ4n) is 1.75. The van der Waals surface area contributed by atoms with Crippen molar-refractivity contribution in [1.82, 2.24) is 4.90 Å². The Morgan fingerprint density at radius 2 is 2.20 bits per heavy atom. The zero-order chi connectivity index (χ0) is 11.3. The molecule has 5 heteroatoms. The minimum absolute atomic E-state index is 0.167. The summed E-state index contributed by atoms with van der Waals surface area (Å²) in [7, 11) is 1.35. The van der Waals surface area contributed by atoms with Gasteiger partial charge < -0.3 is 9.47 Å². The highest BCUT2D eigenvalue weighted by Gasteiger charge is 2.32. The zero-order valence-corrected chi connectivity index (χ0v) is 9.19. The summed E-state index contributed by atoms with van der Waals surface area (Å²) in [4.78, 5) is 24.4. The van der Waals surface area contributed by atoms with Crippen LogP contribution in [0.25, 0.3) is 0 Å². The molecule has 0 aromatic carbocycles. The van der Waals surface area contributed by atoms with Crippen molar-refractivity contribution in [3.05, 3.63) is 0 Å². The molecule has 1 unspecified atom stereocenters. The molecular weight excluding hydrogens is 198 g/mol. The molecule has 1 atom stereocenters. The molecule has 0 radical (unpaired) electrons. The van der Waals surface area contributed by atoms with Crippen LogP contribution in [0.4, 0.5) is 0 Å². The average molecular weight is 215 g/mol. The summed E-state index contributed by atoms with van der Waals surface area (Å²) < 4.78 is 9.51. The van der Waals surface area contributed by atoms with E-state index < -0.39 is 0 Å². The molecule has 0 aromatic heterocycles. The van der Waals surface area contributed by atoms with Crippen molar-refractivity contribution in [1.29, 1.82) is 0 Å². The molecule has 1 aliphatic rings. The molecule has 15 heavy (non-hydrogen) atoms. The number of likely N-dealkylation sites (tertiary alicyclic amines) is 1. The van der Waals surface area contributed by atoms with Crippen LogP contribution in [0.2, 0.25) is 0 Å². The molecule has 1 fully saturated rings. The Kier molecular flexibility index (Phi) is 4.55. The third-order valence-electron chi connectivity index (χ3n) is 2.48. The van der Waals surface area contributed by atoms with Crippen LogP contribution in [0.15, 0.2) is 0 Å². The third kappa shape index (κ3) is 3.20. The quantitative estimate of drug-likeness (QED) is 0.626. The summed E-state index contributed by atoms with van der Waals surface area (Å²) in [5.74, 6) is -0.551. The molecule has 0 aliphatic carbocycles. The van der Waals surface area contributed by atoms with Crippen LogP contribution in [0.5, 0.6) is 0 Å². The summed E-state index contributed by atoms with van der Waals surface area (Å²) in [6.45, 7) is 3.07. The van der Waals surface area contributed by atoms with Gasteiger partial charge in [0.1, 0.15) is 6.04 Å². The predicted molar refractivity (Wildman–Crippen MR) is 53.2 cm³/mol. The number of hydrogen-bond donors (Lipinski definition) is 0. The van der Waals surface area contributed by atoms with Crippen LogP contribution in [0.1, 0.15) is 19.8 Å². The second-order valence-electron chi connectivity index (χ2n) is 3.46. The SMILES string of the molecule is CCOC(=O)C1CCCN1CC(=O)OC. The number of esters is 2. The van der Waals surface area contributed by atoms with E-state index in [1.807, 2.05) is 4.90 Å². The van der Waals surface area contributed by atoms with Crippen LogP contribution in [-0.2, 0) is 19.1 Å². The first-order valence-electron chi connectivity index (χ1n) is 5.16. The average Bonchev–Trinajstić information content (AvgIpc) is 2.66. The Bertz CT molecular complexity index is 242. The lowest BCUT2D eigenvalue weighted by atomic mass is 10.2. The Balaban J connectivity index is 2.49. The van der Waals surface area contributed by atoms with Gasteiger partial charge in [-0.05, 0) is 26.3 Å². The van der Waals surface area contributed by atoms with Gasteiger partial charge in [-0.15, -0.1) is 0 Å². The van der Waals surface area contributed by atoms with Gasteiger partial charge in [0.15, 0.2) is 0 Å². The summed E-state index contributed by atoms with van der Waals surface area (Å²) in [5, 5.41) is 0. The van der Waals surface area contributed by atoms with E-state index in [4.69, 9.17) is 4.74 Å². The molecular formula is C10H17NO4. The van der Waals surface area contributed by atoms with Crippen LogP contribution in [0, 0.1) is 0 Å². The summed E-state index contributed by atoms with van der Waals surface area (Å²) in [6.07, 6.45) is 1.68. The molecule has 0 aromatic rings. The Hall–Kier alpha value is -1.10. The summed E-state index contributed by atoms with van der Waals surface area (Å²) >= 11 is 0. The van der Waals surface area contributed by atoms with Gasteiger partial charge in [0.05, 0.1) is 20.3 Å². The second-order valence-corrected chi connectivity index (χ2v) is 3.46. The van der Waals surface area contributed by atoms with E-state index in [0.717, 1.165) is 19.4 Å². The molecule has 1 saturated heterocycles. The minimum atomic E-state index is -0.314. The largest absolute Gasteiger partial charge is 0.468 e.